The maximum Gasteiger partial charge on any atom is 0.318 e. The van der Waals surface area contributed by atoms with Crippen LogP contribution in [0.25, 0.3) is 10.1 Å². The number of aromatic hydroxyl groups is 1. The van der Waals surface area contributed by atoms with Crippen LogP contribution in [0.2, 0.25) is 0 Å². The van der Waals surface area contributed by atoms with Crippen LogP contribution in [0.15, 0.2) is 29.6 Å². The van der Waals surface area contributed by atoms with E-state index in [0.29, 0.717) is 5.75 Å². The van der Waals surface area contributed by atoms with E-state index in [9.17, 15) is 9.90 Å². The lowest BCUT2D eigenvalue weighted by molar-refractivity contribution is -0.134. The maximum absolute atomic E-state index is 9.27. The summed E-state index contributed by atoms with van der Waals surface area (Å²) in [5, 5.41) is 19.8. The number of thiophene rings is 1. The Kier molecular flexibility index (Phi) is 4.39. The molecule has 0 aliphatic carbocycles. The summed E-state index contributed by atoms with van der Waals surface area (Å²) in [6.45, 7) is 0. The molecule has 0 fully saturated rings. The second kappa shape index (κ2) is 5.58. The first kappa shape index (κ1) is 11.8. The highest BCUT2D eigenvalue weighted by Gasteiger charge is 1.96. The van der Waals surface area contributed by atoms with Gasteiger partial charge in [-0.25, -0.2) is 0 Å². The number of phenolic OH excluding ortho intramolecular Hbond substituents is 1. The fraction of sp³-hybridized carbons (Fsp3) is 0.100. The third-order valence-electron chi connectivity index (χ3n) is 1.59. The van der Waals surface area contributed by atoms with Crippen molar-refractivity contribution in [3.8, 4) is 5.75 Å². The van der Waals surface area contributed by atoms with Crippen molar-refractivity contribution in [1.82, 2.24) is 0 Å². The third-order valence-corrected chi connectivity index (χ3v) is 2.70. The number of carboxylic acid groups (broad SMARTS) is 1. The van der Waals surface area contributed by atoms with Gasteiger partial charge in [-0.05, 0) is 23.6 Å². The lowest BCUT2D eigenvalue weighted by Crippen LogP contribution is -1.92. The topological polar surface area (TPSA) is 57.5 Å². The molecule has 2 aromatic rings. The zero-order valence-corrected chi connectivity index (χ0v) is 9.26. The summed E-state index contributed by atoms with van der Waals surface area (Å²) in [6.07, 6.45) is 0. The van der Waals surface area contributed by atoms with E-state index in [4.69, 9.17) is 16.7 Å². The van der Waals surface area contributed by atoms with E-state index >= 15 is 0 Å². The highest BCUT2D eigenvalue weighted by atomic mass is 35.5. The lowest BCUT2D eigenvalue weighted by Gasteiger charge is -1.90. The first-order valence-corrected chi connectivity index (χ1v) is 5.49. The van der Waals surface area contributed by atoms with Crippen LogP contribution in [-0.4, -0.2) is 22.1 Å². The van der Waals surface area contributed by atoms with Crippen LogP contribution in [0, 0.1) is 0 Å². The van der Waals surface area contributed by atoms with Gasteiger partial charge in [0.15, 0.2) is 0 Å². The van der Waals surface area contributed by atoms with E-state index in [1.165, 1.54) is 0 Å². The predicted molar refractivity (Wildman–Crippen MR) is 61.8 cm³/mol. The molecular weight excluding hydrogens is 236 g/mol. The summed E-state index contributed by atoms with van der Waals surface area (Å²) in [5.74, 6) is -0.912. The average Bonchev–Trinajstić information content (AvgIpc) is 2.68. The van der Waals surface area contributed by atoms with Crippen LogP contribution < -0.4 is 0 Å². The molecule has 0 aliphatic heterocycles. The number of phenols is 1. The van der Waals surface area contributed by atoms with Gasteiger partial charge >= 0.3 is 5.97 Å². The summed E-state index contributed by atoms with van der Waals surface area (Å²) in [6, 6.07) is 7.48. The van der Waals surface area contributed by atoms with Gasteiger partial charge in [0.05, 0.1) is 0 Å². The zero-order chi connectivity index (χ0) is 11.3. The molecule has 3 nitrogen and oxygen atoms in total. The summed E-state index contributed by atoms with van der Waals surface area (Å²) in [5.41, 5.74) is 0. The molecule has 80 valence electrons. The molecule has 5 heteroatoms. The summed E-state index contributed by atoms with van der Waals surface area (Å²) in [4.78, 5) is 9.24. The first-order valence-electron chi connectivity index (χ1n) is 4.08. The first-order chi connectivity index (χ1) is 7.15. The Morgan fingerprint density at radius 1 is 1.40 bits per heavy atom. The molecule has 2 N–H and O–H groups in total. The van der Waals surface area contributed by atoms with Crippen molar-refractivity contribution in [2.45, 2.75) is 0 Å². The van der Waals surface area contributed by atoms with Crippen LogP contribution in [-0.2, 0) is 4.79 Å². The van der Waals surface area contributed by atoms with Crippen LogP contribution in [0.5, 0.6) is 5.75 Å². The van der Waals surface area contributed by atoms with Gasteiger partial charge in [0.2, 0.25) is 0 Å². The number of hydrogen-bond acceptors (Lipinski definition) is 3. The summed E-state index contributed by atoms with van der Waals surface area (Å²) in [7, 11) is 0. The number of benzene rings is 1. The number of aliphatic carboxylic acids is 1. The van der Waals surface area contributed by atoms with Gasteiger partial charge in [-0.15, -0.1) is 22.9 Å². The number of carbonyl (C=O) groups is 1. The minimum atomic E-state index is -0.980. The van der Waals surface area contributed by atoms with E-state index < -0.39 is 5.97 Å². The van der Waals surface area contributed by atoms with Gasteiger partial charge in [0.25, 0.3) is 0 Å². The number of alkyl halides is 1. The molecule has 0 saturated heterocycles. The quantitative estimate of drug-likeness (QED) is 0.759. The second-order valence-electron chi connectivity index (χ2n) is 2.64. The second-order valence-corrected chi connectivity index (χ2v) is 3.85. The van der Waals surface area contributed by atoms with E-state index in [1.54, 1.807) is 17.4 Å². The predicted octanol–water partition coefficient (Wildman–Crippen LogP) is 2.92. The lowest BCUT2D eigenvalue weighted by atomic mass is 10.2. The Morgan fingerprint density at radius 2 is 2.07 bits per heavy atom. The number of hydrogen-bond donors (Lipinski definition) is 2. The minimum absolute atomic E-state index is 0.306. The van der Waals surface area contributed by atoms with Crippen molar-refractivity contribution in [1.29, 1.82) is 0 Å². The Morgan fingerprint density at radius 3 is 2.60 bits per heavy atom. The van der Waals surface area contributed by atoms with Gasteiger partial charge in [0, 0.05) is 10.1 Å². The van der Waals surface area contributed by atoms with E-state index in [2.05, 4.69) is 0 Å². The normalized spacial score (nSPS) is 9.40. The third kappa shape index (κ3) is 3.42. The van der Waals surface area contributed by atoms with Crippen molar-refractivity contribution in [2.24, 2.45) is 0 Å². The molecule has 0 spiro atoms. The van der Waals surface area contributed by atoms with Crippen LogP contribution >= 0.6 is 22.9 Å². The highest BCUT2D eigenvalue weighted by molar-refractivity contribution is 7.17. The maximum atomic E-state index is 9.27. The van der Waals surface area contributed by atoms with Crippen molar-refractivity contribution >= 4 is 39.0 Å². The van der Waals surface area contributed by atoms with E-state index in [1.807, 2.05) is 23.6 Å². The Bertz CT molecular complexity index is 453. The molecule has 1 heterocycles. The van der Waals surface area contributed by atoms with Crippen molar-refractivity contribution in [3.05, 3.63) is 29.6 Å². The van der Waals surface area contributed by atoms with Gasteiger partial charge in [0.1, 0.15) is 11.6 Å². The molecule has 0 radical (unpaired) electrons. The summed E-state index contributed by atoms with van der Waals surface area (Å²) >= 11 is 6.38. The Hall–Kier alpha value is -1.26. The number of fused-ring (bicyclic) bond motifs is 1. The molecule has 1 aromatic heterocycles. The molecule has 0 unspecified atom stereocenters. The van der Waals surface area contributed by atoms with Gasteiger partial charge in [-0.2, -0.15) is 0 Å². The van der Waals surface area contributed by atoms with Gasteiger partial charge in [-0.3, -0.25) is 4.79 Å². The van der Waals surface area contributed by atoms with Crippen molar-refractivity contribution in [3.63, 3.8) is 0 Å². The zero-order valence-electron chi connectivity index (χ0n) is 7.68. The number of halogens is 1. The molecule has 0 atom stereocenters. The molecule has 0 aliphatic rings. The largest absolute Gasteiger partial charge is 0.507 e. The SMILES string of the molecule is O=C(O)CCl.Oc1cccc2sccc12. The molecular formula is C10H9ClO3S. The molecule has 15 heavy (non-hydrogen) atoms. The van der Waals surface area contributed by atoms with E-state index in [0.717, 1.165) is 10.1 Å². The molecule has 2 rings (SSSR count). The van der Waals surface area contributed by atoms with Crippen LogP contribution in [0.4, 0.5) is 0 Å². The fourth-order valence-corrected chi connectivity index (χ4v) is 1.79. The molecule has 0 bridgehead atoms. The summed E-state index contributed by atoms with van der Waals surface area (Å²) < 4.78 is 1.14. The fourth-order valence-electron chi connectivity index (χ4n) is 0.978. The Balaban J connectivity index is 0.000000195. The Labute approximate surface area is 95.5 Å². The van der Waals surface area contributed by atoms with Crippen molar-refractivity contribution in [2.75, 3.05) is 5.88 Å². The molecule has 0 saturated carbocycles. The van der Waals surface area contributed by atoms with Crippen LogP contribution in [0.3, 0.4) is 0 Å². The monoisotopic (exact) mass is 244 g/mol. The standard InChI is InChI=1S/C8H6OS.C2H3ClO2/c9-7-2-1-3-8-6(7)4-5-10-8;3-1-2(4)5/h1-5,9H;1H2,(H,4,5). The smallest absolute Gasteiger partial charge is 0.318 e. The van der Waals surface area contributed by atoms with Gasteiger partial charge in [-0.1, -0.05) is 6.07 Å². The van der Waals surface area contributed by atoms with Crippen molar-refractivity contribution < 1.29 is 15.0 Å². The average molecular weight is 245 g/mol. The van der Waals surface area contributed by atoms with E-state index in [-0.39, 0.29) is 5.88 Å². The number of carboxylic acids is 1. The minimum Gasteiger partial charge on any atom is -0.507 e. The molecule has 0 amide bonds. The molecule has 1 aromatic carbocycles. The highest BCUT2D eigenvalue weighted by Crippen LogP contribution is 2.27. The van der Waals surface area contributed by atoms with Crippen LogP contribution in [0.1, 0.15) is 0 Å². The van der Waals surface area contributed by atoms with Gasteiger partial charge < -0.3 is 10.2 Å². The number of rotatable bonds is 1.